The van der Waals surface area contributed by atoms with Crippen molar-refractivity contribution in [2.75, 3.05) is 19.5 Å². The molecule has 2 aromatic carbocycles. The van der Waals surface area contributed by atoms with Crippen LogP contribution in [0.3, 0.4) is 0 Å². The van der Waals surface area contributed by atoms with Crippen molar-refractivity contribution in [3.63, 3.8) is 0 Å². The van der Waals surface area contributed by atoms with Crippen molar-refractivity contribution in [1.82, 2.24) is 0 Å². The Labute approximate surface area is 139 Å². The number of anilines is 2. The SMILES string of the molecule is COC(=O)CCc1cccc(Nc2ccccc2OC)c1[N+](=O)[O-]. The van der Waals surface area contributed by atoms with Gasteiger partial charge in [0.15, 0.2) is 0 Å². The van der Waals surface area contributed by atoms with Gasteiger partial charge in [0, 0.05) is 12.0 Å². The van der Waals surface area contributed by atoms with Crippen molar-refractivity contribution >= 4 is 23.0 Å². The third kappa shape index (κ3) is 4.01. The van der Waals surface area contributed by atoms with Crippen LogP contribution in [-0.4, -0.2) is 25.1 Å². The number of carbonyl (C=O) groups excluding carboxylic acids is 1. The third-order valence-corrected chi connectivity index (χ3v) is 3.50. The molecule has 0 aliphatic rings. The molecular formula is C17H18N2O5. The highest BCUT2D eigenvalue weighted by atomic mass is 16.6. The molecule has 126 valence electrons. The standard InChI is InChI=1S/C17H18N2O5/c1-23-15-9-4-3-7-13(15)18-14-8-5-6-12(17(14)19(21)22)10-11-16(20)24-2/h3-9,18H,10-11H2,1-2H3. The van der Waals surface area contributed by atoms with Gasteiger partial charge in [-0.2, -0.15) is 0 Å². The van der Waals surface area contributed by atoms with E-state index < -0.39 is 10.9 Å². The fourth-order valence-corrected chi connectivity index (χ4v) is 2.34. The van der Waals surface area contributed by atoms with E-state index in [1.165, 1.54) is 14.2 Å². The normalized spacial score (nSPS) is 10.1. The lowest BCUT2D eigenvalue weighted by atomic mass is 10.1. The maximum absolute atomic E-state index is 11.5. The number of nitrogens with zero attached hydrogens (tertiary/aromatic N) is 1. The number of hydrogen-bond donors (Lipinski definition) is 1. The predicted molar refractivity (Wildman–Crippen MR) is 89.7 cm³/mol. The smallest absolute Gasteiger partial charge is 0.305 e. The first-order valence-corrected chi connectivity index (χ1v) is 7.30. The van der Waals surface area contributed by atoms with Crippen LogP contribution in [-0.2, 0) is 16.0 Å². The molecule has 0 heterocycles. The number of aryl methyl sites for hydroxylation is 1. The molecule has 1 N–H and O–H groups in total. The maximum Gasteiger partial charge on any atom is 0.305 e. The molecular weight excluding hydrogens is 312 g/mol. The largest absolute Gasteiger partial charge is 0.495 e. The van der Waals surface area contributed by atoms with Crippen LogP contribution in [0.1, 0.15) is 12.0 Å². The molecule has 7 nitrogen and oxygen atoms in total. The van der Waals surface area contributed by atoms with Gasteiger partial charge >= 0.3 is 5.97 Å². The number of benzene rings is 2. The molecule has 0 fully saturated rings. The molecule has 0 saturated heterocycles. The Morgan fingerprint density at radius 2 is 1.83 bits per heavy atom. The van der Waals surface area contributed by atoms with Gasteiger partial charge in [0.25, 0.3) is 5.69 Å². The van der Waals surface area contributed by atoms with Crippen molar-refractivity contribution in [1.29, 1.82) is 0 Å². The summed E-state index contributed by atoms with van der Waals surface area (Å²) in [5.74, 6) is 0.166. The van der Waals surface area contributed by atoms with E-state index in [1.54, 1.807) is 36.4 Å². The molecule has 0 saturated carbocycles. The second-order valence-electron chi connectivity index (χ2n) is 4.97. The van der Waals surface area contributed by atoms with Crippen LogP contribution >= 0.6 is 0 Å². The van der Waals surface area contributed by atoms with Gasteiger partial charge in [0.05, 0.1) is 24.8 Å². The lowest BCUT2D eigenvalue weighted by Crippen LogP contribution is -2.05. The van der Waals surface area contributed by atoms with E-state index in [9.17, 15) is 14.9 Å². The third-order valence-electron chi connectivity index (χ3n) is 3.50. The Morgan fingerprint density at radius 1 is 1.12 bits per heavy atom. The number of para-hydroxylation sites is 3. The Bertz CT molecular complexity index is 746. The topological polar surface area (TPSA) is 90.7 Å². The summed E-state index contributed by atoms with van der Waals surface area (Å²) in [7, 11) is 2.82. The van der Waals surface area contributed by atoms with E-state index in [0.29, 0.717) is 22.7 Å². The highest BCUT2D eigenvalue weighted by Gasteiger charge is 2.21. The summed E-state index contributed by atoms with van der Waals surface area (Å²) in [5, 5.41) is 14.6. The summed E-state index contributed by atoms with van der Waals surface area (Å²) in [6, 6.07) is 12.1. The molecule has 7 heteroatoms. The highest BCUT2D eigenvalue weighted by molar-refractivity contribution is 5.75. The molecule has 0 spiro atoms. The zero-order chi connectivity index (χ0) is 17.5. The van der Waals surface area contributed by atoms with Crippen molar-refractivity contribution in [2.24, 2.45) is 0 Å². The van der Waals surface area contributed by atoms with Crippen LogP contribution in [0.4, 0.5) is 17.1 Å². The second-order valence-corrected chi connectivity index (χ2v) is 4.97. The first-order valence-electron chi connectivity index (χ1n) is 7.30. The van der Waals surface area contributed by atoms with Crippen molar-refractivity contribution < 1.29 is 19.2 Å². The van der Waals surface area contributed by atoms with Gasteiger partial charge in [-0.1, -0.05) is 24.3 Å². The number of esters is 1. The summed E-state index contributed by atoms with van der Waals surface area (Å²) in [4.78, 5) is 22.4. The number of methoxy groups -OCH3 is 2. The summed E-state index contributed by atoms with van der Waals surface area (Å²) >= 11 is 0. The molecule has 0 bridgehead atoms. The lowest BCUT2D eigenvalue weighted by molar-refractivity contribution is -0.384. The number of nitro benzene ring substituents is 1. The monoisotopic (exact) mass is 330 g/mol. The minimum absolute atomic E-state index is 0.0627. The molecule has 0 aliphatic carbocycles. The summed E-state index contributed by atoms with van der Waals surface area (Å²) in [6.07, 6.45) is 0.305. The number of carbonyl (C=O) groups is 1. The quantitative estimate of drug-likeness (QED) is 0.475. The van der Waals surface area contributed by atoms with Gasteiger partial charge in [-0.25, -0.2) is 0 Å². The number of hydrogen-bond acceptors (Lipinski definition) is 6. The molecule has 2 rings (SSSR count). The van der Waals surface area contributed by atoms with E-state index in [0.717, 1.165) is 0 Å². The lowest BCUT2D eigenvalue weighted by Gasteiger charge is -2.12. The highest BCUT2D eigenvalue weighted by Crippen LogP contribution is 2.34. The van der Waals surface area contributed by atoms with E-state index in [2.05, 4.69) is 10.1 Å². The van der Waals surface area contributed by atoms with E-state index in [-0.39, 0.29) is 18.5 Å². The predicted octanol–water partition coefficient (Wildman–Crippen LogP) is 3.45. The van der Waals surface area contributed by atoms with Crippen molar-refractivity contribution in [3.8, 4) is 5.75 Å². The number of nitro groups is 1. The molecule has 2 aromatic rings. The Hall–Kier alpha value is -3.09. The number of nitrogens with one attached hydrogen (secondary N) is 1. The first kappa shape index (κ1) is 17.3. The van der Waals surface area contributed by atoms with Crippen LogP contribution < -0.4 is 10.1 Å². The molecule has 0 amide bonds. The van der Waals surface area contributed by atoms with E-state index >= 15 is 0 Å². The van der Waals surface area contributed by atoms with Gasteiger partial charge in [0.2, 0.25) is 0 Å². The molecule has 24 heavy (non-hydrogen) atoms. The molecule has 0 unspecified atom stereocenters. The second kappa shape index (κ2) is 7.96. The van der Waals surface area contributed by atoms with Crippen molar-refractivity contribution in [2.45, 2.75) is 12.8 Å². The maximum atomic E-state index is 11.5. The molecule has 0 aliphatic heterocycles. The van der Waals surface area contributed by atoms with Crippen LogP contribution in [0, 0.1) is 10.1 Å². The summed E-state index contributed by atoms with van der Waals surface area (Å²) in [6.45, 7) is 0. The molecule has 0 radical (unpaired) electrons. The summed E-state index contributed by atoms with van der Waals surface area (Å²) in [5.41, 5.74) is 1.36. The Morgan fingerprint density at radius 3 is 2.50 bits per heavy atom. The van der Waals surface area contributed by atoms with E-state index in [4.69, 9.17) is 4.74 Å². The van der Waals surface area contributed by atoms with Gasteiger partial charge in [0.1, 0.15) is 11.4 Å². The van der Waals surface area contributed by atoms with Gasteiger partial charge in [-0.3, -0.25) is 14.9 Å². The first-order chi connectivity index (χ1) is 11.6. The van der Waals surface area contributed by atoms with Crippen LogP contribution in [0.2, 0.25) is 0 Å². The molecule has 0 atom stereocenters. The van der Waals surface area contributed by atoms with E-state index in [1.807, 2.05) is 6.07 Å². The Kier molecular flexibility index (Phi) is 5.73. The zero-order valence-corrected chi connectivity index (χ0v) is 13.4. The van der Waals surface area contributed by atoms with Crippen molar-refractivity contribution in [3.05, 3.63) is 58.1 Å². The van der Waals surface area contributed by atoms with Crippen LogP contribution in [0.15, 0.2) is 42.5 Å². The fourth-order valence-electron chi connectivity index (χ4n) is 2.34. The van der Waals surface area contributed by atoms with Gasteiger partial charge in [-0.15, -0.1) is 0 Å². The van der Waals surface area contributed by atoms with Gasteiger partial charge in [-0.05, 0) is 24.6 Å². The Balaban J connectivity index is 2.35. The zero-order valence-electron chi connectivity index (χ0n) is 13.4. The van der Waals surface area contributed by atoms with Crippen LogP contribution in [0.5, 0.6) is 5.75 Å². The minimum atomic E-state index is -0.454. The minimum Gasteiger partial charge on any atom is -0.495 e. The fraction of sp³-hybridized carbons (Fsp3) is 0.235. The summed E-state index contributed by atoms with van der Waals surface area (Å²) < 4.78 is 9.84. The van der Waals surface area contributed by atoms with Crippen LogP contribution in [0.25, 0.3) is 0 Å². The molecule has 0 aromatic heterocycles. The average molecular weight is 330 g/mol. The van der Waals surface area contributed by atoms with Gasteiger partial charge < -0.3 is 14.8 Å². The number of rotatable bonds is 7. The number of ether oxygens (including phenoxy) is 2. The average Bonchev–Trinajstić information content (AvgIpc) is 2.59.